The molecule has 1 aromatic heterocycles. The van der Waals surface area contributed by atoms with E-state index >= 15 is 0 Å². The Bertz CT molecular complexity index is 395. The lowest BCUT2D eigenvalue weighted by molar-refractivity contribution is 0.0603. The maximum absolute atomic E-state index is 11.5. The highest BCUT2D eigenvalue weighted by atomic mass is 16.6. The van der Waals surface area contributed by atoms with Crippen molar-refractivity contribution in [3.05, 3.63) is 18.5 Å². The maximum atomic E-state index is 11.5. The number of carbonyl (C=O) groups is 1. The molecule has 1 N–H and O–H groups in total. The Hall–Kier alpha value is -1.79. The predicted octanol–water partition coefficient (Wildman–Crippen LogP) is 1.01. The second-order valence-corrected chi connectivity index (χ2v) is 4.40. The molecule has 0 aliphatic carbocycles. The van der Waals surface area contributed by atoms with Gasteiger partial charge in [0.15, 0.2) is 0 Å². The molecule has 1 rings (SSSR count). The average Bonchev–Trinajstić information content (AvgIpc) is 2.66. The van der Waals surface area contributed by atoms with Gasteiger partial charge in [-0.05, 0) is 26.8 Å². The molecule has 0 fully saturated rings. The van der Waals surface area contributed by atoms with Crippen LogP contribution in [-0.4, -0.2) is 34.8 Å². The van der Waals surface area contributed by atoms with Crippen LogP contribution in [-0.2, 0) is 4.74 Å². The van der Waals surface area contributed by atoms with Crippen molar-refractivity contribution in [1.82, 2.24) is 15.0 Å². The highest BCUT2D eigenvalue weighted by Gasteiger charge is 2.16. The van der Waals surface area contributed by atoms with E-state index < -0.39 is 11.7 Å². The number of amides is 1. The van der Waals surface area contributed by atoms with E-state index in [0.717, 1.165) is 0 Å². The summed E-state index contributed by atoms with van der Waals surface area (Å²) in [5, 5.41) is 6.95. The van der Waals surface area contributed by atoms with Gasteiger partial charge in [0.25, 0.3) is 0 Å². The quantitative estimate of drug-likeness (QED) is 0.449. The van der Waals surface area contributed by atoms with Gasteiger partial charge in [-0.15, -0.1) is 4.99 Å². The van der Waals surface area contributed by atoms with Gasteiger partial charge < -0.3 is 9.96 Å². The lowest BCUT2D eigenvalue weighted by Crippen LogP contribution is -2.34. The minimum atomic E-state index is -0.635. The molecule has 0 unspecified atom stereocenters. The van der Waals surface area contributed by atoms with Gasteiger partial charge in [0.05, 0.1) is 0 Å². The van der Waals surface area contributed by atoms with Crippen molar-refractivity contribution >= 4 is 19.5 Å². The molecule has 1 amide bonds. The molecule has 0 saturated carbocycles. The van der Waals surface area contributed by atoms with E-state index in [1.807, 2.05) is 6.82 Å². The zero-order valence-corrected chi connectivity index (χ0v) is 10.6. The third-order valence-corrected chi connectivity index (χ3v) is 1.65. The van der Waals surface area contributed by atoms with Crippen molar-refractivity contribution in [3.63, 3.8) is 0 Å². The molecule has 92 valence electrons. The Balaban J connectivity index is 2.81. The van der Waals surface area contributed by atoms with Gasteiger partial charge in [-0.3, -0.25) is 0 Å². The van der Waals surface area contributed by atoms with Gasteiger partial charge in [-0.2, -0.15) is 5.10 Å². The Labute approximate surface area is 101 Å². The van der Waals surface area contributed by atoms with Crippen LogP contribution in [0.25, 0.3) is 0 Å². The van der Waals surface area contributed by atoms with Gasteiger partial charge in [0, 0.05) is 12.4 Å². The topological polar surface area (TPSA) is 68.5 Å². The number of nitrogens with one attached hydrogen (secondary N) is 1. The minimum absolute atomic E-state index is 0.353. The normalized spacial score (nSPS) is 12.1. The monoisotopic (exact) mass is 236 g/mol. The molecule has 0 aliphatic rings. The molecule has 0 aromatic carbocycles. The standard InChI is InChI=1S/C10H17BN4O2/c1-10(2,3)17-9(16)13-8(14-11-4)15-7-5-6-12-15/h5-7,11H,1-4H3,(H,13,14,16). The molecule has 0 spiro atoms. The molecule has 0 radical (unpaired) electrons. The summed E-state index contributed by atoms with van der Waals surface area (Å²) in [6.07, 6.45) is 2.68. The van der Waals surface area contributed by atoms with Crippen LogP contribution >= 0.6 is 0 Å². The largest absolute Gasteiger partial charge is 0.442 e. The lowest BCUT2D eigenvalue weighted by Gasteiger charge is -2.17. The number of aliphatic imine (C=N–C) groups is 1. The van der Waals surface area contributed by atoms with Gasteiger partial charge in [-0.25, -0.2) is 9.48 Å². The summed E-state index contributed by atoms with van der Waals surface area (Å²) < 4.78 is 6.58. The Kier molecular flexibility index (Phi) is 4.31. The Morgan fingerprint density at radius 3 is 2.71 bits per heavy atom. The van der Waals surface area contributed by atoms with E-state index in [2.05, 4.69) is 15.3 Å². The highest BCUT2D eigenvalue weighted by Crippen LogP contribution is 2.07. The van der Waals surface area contributed by atoms with Gasteiger partial charge in [-0.1, -0.05) is 6.82 Å². The zero-order valence-electron chi connectivity index (χ0n) is 10.6. The summed E-state index contributed by atoms with van der Waals surface area (Å²) >= 11 is 0. The number of hydrogen-bond donors (Lipinski definition) is 1. The number of ether oxygens (including phenoxy) is 1. The fourth-order valence-electron chi connectivity index (χ4n) is 1.10. The average molecular weight is 236 g/mol. The fraction of sp³-hybridized carbons (Fsp3) is 0.500. The fourth-order valence-corrected chi connectivity index (χ4v) is 1.10. The smallest absolute Gasteiger partial charge is 0.437 e. The third-order valence-electron chi connectivity index (χ3n) is 1.65. The van der Waals surface area contributed by atoms with Crippen LogP contribution in [0.15, 0.2) is 23.5 Å². The summed E-state index contributed by atoms with van der Waals surface area (Å²) in [5.74, 6) is 0.353. The molecular formula is C10H17BN4O2. The van der Waals surface area contributed by atoms with Crippen molar-refractivity contribution in [2.45, 2.75) is 33.2 Å². The molecule has 1 aromatic rings. The second kappa shape index (κ2) is 5.52. The van der Waals surface area contributed by atoms with Crippen molar-refractivity contribution in [1.29, 1.82) is 0 Å². The SMILES string of the molecule is CBN/C(=N/C(=O)OC(C)(C)C)n1cccn1. The molecule has 1 heterocycles. The maximum Gasteiger partial charge on any atom is 0.437 e. The van der Waals surface area contributed by atoms with Gasteiger partial charge in [0.2, 0.25) is 13.4 Å². The third kappa shape index (κ3) is 4.71. The van der Waals surface area contributed by atoms with Crippen LogP contribution in [0.4, 0.5) is 4.79 Å². The highest BCUT2D eigenvalue weighted by molar-refractivity contribution is 6.35. The molecular weight excluding hydrogens is 219 g/mol. The van der Waals surface area contributed by atoms with Gasteiger partial charge in [0.1, 0.15) is 5.60 Å². The van der Waals surface area contributed by atoms with Crippen molar-refractivity contribution in [3.8, 4) is 0 Å². The van der Waals surface area contributed by atoms with Crippen LogP contribution in [0.5, 0.6) is 0 Å². The first-order valence-corrected chi connectivity index (χ1v) is 5.48. The number of nitrogens with zero attached hydrogens (tertiary/aromatic N) is 3. The minimum Gasteiger partial charge on any atom is -0.442 e. The number of carbonyl (C=O) groups excluding carboxylic acids is 1. The molecule has 17 heavy (non-hydrogen) atoms. The molecule has 7 heteroatoms. The van der Waals surface area contributed by atoms with Crippen molar-refractivity contribution < 1.29 is 9.53 Å². The van der Waals surface area contributed by atoms with E-state index in [-0.39, 0.29) is 0 Å². The predicted molar refractivity (Wildman–Crippen MR) is 67.4 cm³/mol. The molecule has 6 nitrogen and oxygen atoms in total. The van der Waals surface area contributed by atoms with Crippen LogP contribution in [0.3, 0.4) is 0 Å². The first kappa shape index (κ1) is 13.3. The summed E-state index contributed by atoms with van der Waals surface area (Å²) in [7, 11) is 0.640. The Morgan fingerprint density at radius 1 is 1.53 bits per heavy atom. The van der Waals surface area contributed by atoms with Gasteiger partial charge >= 0.3 is 6.09 Å². The Morgan fingerprint density at radius 2 is 2.24 bits per heavy atom. The molecule has 0 bridgehead atoms. The summed E-state index contributed by atoms with van der Waals surface area (Å²) in [5.41, 5.74) is -0.554. The number of rotatable bonds is 1. The van der Waals surface area contributed by atoms with Crippen molar-refractivity contribution in [2.75, 3.05) is 0 Å². The van der Waals surface area contributed by atoms with Crippen molar-refractivity contribution in [2.24, 2.45) is 4.99 Å². The molecule has 0 saturated heterocycles. The number of hydrogen-bond acceptors (Lipinski definition) is 3. The van der Waals surface area contributed by atoms with E-state index in [9.17, 15) is 4.79 Å². The van der Waals surface area contributed by atoms with Crippen LogP contribution < -0.4 is 5.23 Å². The van der Waals surface area contributed by atoms with Crippen LogP contribution in [0.1, 0.15) is 20.8 Å². The van der Waals surface area contributed by atoms with Crippen LogP contribution in [0.2, 0.25) is 6.82 Å². The van der Waals surface area contributed by atoms with Crippen LogP contribution in [0, 0.1) is 0 Å². The zero-order chi connectivity index (χ0) is 12.9. The lowest BCUT2D eigenvalue weighted by atomic mass is 10.0. The number of aromatic nitrogens is 2. The van der Waals surface area contributed by atoms with E-state index in [1.165, 1.54) is 4.68 Å². The van der Waals surface area contributed by atoms with E-state index in [4.69, 9.17) is 4.74 Å². The molecule has 0 atom stereocenters. The van der Waals surface area contributed by atoms with E-state index in [1.54, 1.807) is 39.2 Å². The van der Waals surface area contributed by atoms with E-state index in [0.29, 0.717) is 13.4 Å². The summed E-state index contributed by atoms with van der Waals surface area (Å²) in [6.45, 7) is 7.29. The first-order valence-electron chi connectivity index (χ1n) is 5.48. The summed E-state index contributed by atoms with van der Waals surface area (Å²) in [4.78, 5) is 15.4. The molecule has 0 aliphatic heterocycles. The second-order valence-electron chi connectivity index (χ2n) is 4.40. The summed E-state index contributed by atoms with van der Waals surface area (Å²) in [6, 6.07) is 1.75. The first-order chi connectivity index (χ1) is 7.92.